The SMILES string of the molecule is CC(Sc1ccc(NC(=O)/C=C/C(=O)O)cc1)C(=O)Nc1ccccc1C(F)(F)F. The number of carbonyl (C=O) groups is 3. The number of carboxylic acid groups (broad SMARTS) is 1. The molecular formula is C20H17F3N2O4S. The van der Waals surface area contributed by atoms with Crippen LogP contribution in [0.15, 0.2) is 65.6 Å². The zero-order valence-corrected chi connectivity index (χ0v) is 16.4. The lowest BCUT2D eigenvalue weighted by Crippen LogP contribution is -2.24. The van der Waals surface area contributed by atoms with Gasteiger partial charge in [-0.25, -0.2) is 4.79 Å². The van der Waals surface area contributed by atoms with Crippen molar-refractivity contribution >= 4 is 40.9 Å². The molecular weight excluding hydrogens is 421 g/mol. The molecule has 3 N–H and O–H groups in total. The first-order chi connectivity index (χ1) is 14.1. The number of hydrogen-bond acceptors (Lipinski definition) is 4. The summed E-state index contributed by atoms with van der Waals surface area (Å²) in [5.74, 6) is -2.45. The fourth-order valence-electron chi connectivity index (χ4n) is 2.28. The number of thioether (sulfide) groups is 1. The quantitative estimate of drug-likeness (QED) is 0.440. The summed E-state index contributed by atoms with van der Waals surface area (Å²) in [6.07, 6.45) is -3.01. The molecule has 0 aliphatic heterocycles. The van der Waals surface area contributed by atoms with Crippen molar-refractivity contribution in [3.8, 4) is 0 Å². The van der Waals surface area contributed by atoms with Crippen LogP contribution < -0.4 is 10.6 Å². The summed E-state index contributed by atoms with van der Waals surface area (Å²) in [7, 11) is 0. The maximum Gasteiger partial charge on any atom is 0.418 e. The van der Waals surface area contributed by atoms with Gasteiger partial charge in [-0.3, -0.25) is 9.59 Å². The smallest absolute Gasteiger partial charge is 0.418 e. The van der Waals surface area contributed by atoms with Crippen molar-refractivity contribution in [1.82, 2.24) is 0 Å². The molecule has 2 aromatic carbocycles. The summed E-state index contributed by atoms with van der Waals surface area (Å²) in [4.78, 5) is 34.9. The van der Waals surface area contributed by atoms with Gasteiger partial charge in [-0.05, 0) is 43.3 Å². The third-order valence-corrected chi connectivity index (χ3v) is 4.78. The first kappa shape index (κ1) is 23.0. The molecule has 0 fully saturated rings. The summed E-state index contributed by atoms with van der Waals surface area (Å²) in [5.41, 5.74) is -0.821. The number of aliphatic carboxylic acids is 1. The Bertz CT molecular complexity index is 959. The second-order valence-electron chi connectivity index (χ2n) is 5.98. The molecule has 1 unspecified atom stereocenters. The van der Waals surface area contributed by atoms with Gasteiger partial charge < -0.3 is 15.7 Å². The molecule has 6 nitrogen and oxygen atoms in total. The van der Waals surface area contributed by atoms with Gasteiger partial charge in [-0.15, -0.1) is 11.8 Å². The van der Waals surface area contributed by atoms with Gasteiger partial charge in [-0.2, -0.15) is 13.2 Å². The average Bonchev–Trinajstić information content (AvgIpc) is 2.67. The molecule has 30 heavy (non-hydrogen) atoms. The summed E-state index contributed by atoms with van der Waals surface area (Å²) in [6.45, 7) is 1.56. The van der Waals surface area contributed by atoms with Crippen LogP contribution in [0.1, 0.15) is 12.5 Å². The third-order valence-electron chi connectivity index (χ3n) is 3.67. The van der Waals surface area contributed by atoms with Crippen molar-refractivity contribution < 1.29 is 32.7 Å². The number of carbonyl (C=O) groups excluding carboxylic acids is 2. The number of halogens is 3. The van der Waals surface area contributed by atoms with E-state index in [0.717, 1.165) is 23.9 Å². The molecule has 1 atom stereocenters. The van der Waals surface area contributed by atoms with E-state index in [0.29, 0.717) is 16.7 Å². The molecule has 0 aliphatic rings. The van der Waals surface area contributed by atoms with E-state index in [1.807, 2.05) is 0 Å². The Morgan fingerprint density at radius 3 is 2.23 bits per heavy atom. The predicted octanol–water partition coefficient (Wildman–Crippen LogP) is 4.40. The van der Waals surface area contributed by atoms with E-state index in [-0.39, 0.29) is 5.69 Å². The minimum absolute atomic E-state index is 0.310. The highest BCUT2D eigenvalue weighted by Gasteiger charge is 2.33. The van der Waals surface area contributed by atoms with E-state index >= 15 is 0 Å². The first-order valence-corrected chi connectivity index (χ1v) is 9.40. The van der Waals surface area contributed by atoms with Crippen LogP contribution in [0.25, 0.3) is 0 Å². The molecule has 0 bridgehead atoms. The Kier molecular flexibility index (Phi) is 7.65. The molecule has 0 radical (unpaired) electrons. The lowest BCUT2D eigenvalue weighted by atomic mass is 10.1. The van der Waals surface area contributed by atoms with Gasteiger partial charge in [0.1, 0.15) is 0 Å². The largest absolute Gasteiger partial charge is 0.478 e. The second-order valence-corrected chi connectivity index (χ2v) is 7.39. The van der Waals surface area contributed by atoms with Gasteiger partial charge in [0, 0.05) is 22.7 Å². The van der Waals surface area contributed by atoms with E-state index in [4.69, 9.17) is 5.11 Å². The van der Waals surface area contributed by atoms with Crippen molar-refractivity contribution in [3.05, 3.63) is 66.2 Å². The van der Waals surface area contributed by atoms with Gasteiger partial charge in [-0.1, -0.05) is 12.1 Å². The number of nitrogens with one attached hydrogen (secondary N) is 2. The van der Waals surface area contributed by atoms with Crippen LogP contribution in [-0.2, 0) is 20.6 Å². The molecule has 2 aromatic rings. The molecule has 0 heterocycles. The molecule has 0 spiro atoms. The Balaban J connectivity index is 1.98. The molecule has 158 valence electrons. The number of amides is 2. The van der Waals surface area contributed by atoms with Gasteiger partial charge >= 0.3 is 12.1 Å². The highest BCUT2D eigenvalue weighted by Crippen LogP contribution is 2.35. The highest BCUT2D eigenvalue weighted by atomic mass is 32.2. The standard InChI is InChI=1S/C20H17F3N2O4S/c1-12(19(29)25-16-5-3-2-4-15(16)20(21,22)23)30-14-8-6-13(7-9-14)24-17(26)10-11-18(27)28/h2-12H,1H3,(H,24,26)(H,25,29)(H,27,28)/b11-10+. The highest BCUT2D eigenvalue weighted by molar-refractivity contribution is 8.00. The topological polar surface area (TPSA) is 95.5 Å². The van der Waals surface area contributed by atoms with Crippen LogP contribution in [0.3, 0.4) is 0 Å². The van der Waals surface area contributed by atoms with Crippen LogP contribution in [0.5, 0.6) is 0 Å². The maximum absolute atomic E-state index is 13.0. The lowest BCUT2D eigenvalue weighted by Gasteiger charge is -2.16. The first-order valence-electron chi connectivity index (χ1n) is 8.52. The maximum atomic E-state index is 13.0. The summed E-state index contributed by atoms with van der Waals surface area (Å²) >= 11 is 1.13. The molecule has 10 heteroatoms. The van der Waals surface area contributed by atoms with Crippen molar-refractivity contribution in [2.75, 3.05) is 10.6 Å². The lowest BCUT2D eigenvalue weighted by molar-refractivity contribution is -0.137. The normalized spacial score (nSPS) is 12.4. The van der Waals surface area contributed by atoms with E-state index in [9.17, 15) is 27.6 Å². The van der Waals surface area contributed by atoms with Gasteiger partial charge in [0.25, 0.3) is 0 Å². The molecule has 2 rings (SSSR count). The minimum atomic E-state index is -4.58. The van der Waals surface area contributed by atoms with Crippen LogP contribution in [0.4, 0.5) is 24.5 Å². The predicted molar refractivity (Wildman–Crippen MR) is 107 cm³/mol. The van der Waals surface area contributed by atoms with Gasteiger partial charge in [0.05, 0.1) is 16.5 Å². The van der Waals surface area contributed by atoms with Crippen LogP contribution in [-0.4, -0.2) is 28.1 Å². The van der Waals surface area contributed by atoms with Crippen LogP contribution in [0.2, 0.25) is 0 Å². The molecule has 0 saturated heterocycles. The summed E-state index contributed by atoms with van der Waals surface area (Å²) < 4.78 is 39.1. The summed E-state index contributed by atoms with van der Waals surface area (Å²) in [5, 5.41) is 12.6. The Labute approximate surface area is 174 Å². The number of benzene rings is 2. The fourth-order valence-corrected chi connectivity index (χ4v) is 3.15. The van der Waals surface area contributed by atoms with Crippen LogP contribution >= 0.6 is 11.8 Å². The molecule has 2 amide bonds. The number of alkyl halides is 3. The summed E-state index contributed by atoms with van der Waals surface area (Å²) in [6, 6.07) is 11.1. The molecule has 0 aliphatic carbocycles. The number of anilines is 2. The fraction of sp³-hybridized carbons (Fsp3) is 0.150. The Morgan fingerprint density at radius 1 is 1.00 bits per heavy atom. The average molecular weight is 438 g/mol. The van der Waals surface area contributed by atoms with E-state index in [1.165, 1.54) is 18.2 Å². The van der Waals surface area contributed by atoms with E-state index < -0.39 is 34.8 Å². The Hall–Kier alpha value is -3.27. The van der Waals surface area contributed by atoms with Crippen molar-refractivity contribution in [2.45, 2.75) is 23.2 Å². The second kappa shape index (κ2) is 9.97. The van der Waals surface area contributed by atoms with E-state index in [1.54, 1.807) is 31.2 Å². The Morgan fingerprint density at radius 2 is 1.63 bits per heavy atom. The molecule has 0 saturated carbocycles. The van der Waals surface area contributed by atoms with Gasteiger partial charge in [0.2, 0.25) is 11.8 Å². The number of carboxylic acids is 1. The van der Waals surface area contributed by atoms with Crippen molar-refractivity contribution in [3.63, 3.8) is 0 Å². The third kappa shape index (κ3) is 6.96. The number of para-hydroxylation sites is 1. The number of hydrogen-bond donors (Lipinski definition) is 3. The monoisotopic (exact) mass is 438 g/mol. The minimum Gasteiger partial charge on any atom is -0.478 e. The van der Waals surface area contributed by atoms with Crippen molar-refractivity contribution in [1.29, 1.82) is 0 Å². The van der Waals surface area contributed by atoms with Crippen LogP contribution in [0, 0.1) is 0 Å². The van der Waals surface area contributed by atoms with Gasteiger partial charge in [0.15, 0.2) is 0 Å². The van der Waals surface area contributed by atoms with E-state index in [2.05, 4.69) is 10.6 Å². The zero-order valence-electron chi connectivity index (χ0n) is 15.6. The zero-order chi connectivity index (χ0) is 22.3. The number of rotatable bonds is 7. The van der Waals surface area contributed by atoms with Crippen molar-refractivity contribution in [2.24, 2.45) is 0 Å². The molecule has 0 aromatic heterocycles.